The maximum atomic E-state index is 12.3. The third kappa shape index (κ3) is 5.53. The normalized spacial score (nSPS) is 15.8. The van der Waals surface area contributed by atoms with Crippen LogP contribution in [0.5, 0.6) is 5.75 Å². The van der Waals surface area contributed by atoms with Crippen LogP contribution >= 0.6 is 0 Å². The maximum absolute atomic E-state index is 12.3. The topological polar surface area (TPSA) is 107 Å². The Balaban J connectivity index is 1.21. The van der Waals surface area contributed by atoms with Crippen molar-refractivity contribution in [2.45, 2.75) is 70.6 Å². The number of carbonyl (C=O) groups excluding carboxylic acids is 1. The summed E-state index contributed by atoms with van der Waals surface area (Å²) in [5.41, 5.74) is 4.23. The Hall–Kier alpha value is -4.32. The lowest BCUT2D eigenvalue weighted by Crippen LogP contribution is -2.21. The van der Waals surface area contributed by atoms with Crippen molar-refractivity contribution in [3.8, 4) is 23.1 Å². The third-order valence-corrected chi connectivity index (χ3v) is 8.06. The Morgan fingerprint density at radius 3 is 2.55 bits per heavy atom. The van der Waals surface area contributed by atoms with Gasteiger partial charge in [0.2, 0.25) is 0 Å². The third-order valence-electron chi connectivity index (χ3n) is 8.06. The number of nitrogens with one attached hydrogen (secondary N) is 1. The van der Waals surface area contributed by atoms with Gasteiger partial charge in [-0.3, -0.25) is 5.32 Å². The Labute approximate surface area is 233 Å². The number of anilines is 1. The molecule has 6 rings (SSSR count). The zero-order chi connectivity index (χ0) is 27.5. The van der Waals surface area contributed by atoms with E-state index in [9.17, 15) is 10.1 Å². The number of fused-ring (bicyclic) bond motifs is 1. The Morgan fingerprint density at radius 1 is 1.10 bits per heavy atom. The van der Waals surface area contributed by atoms with Gasteiger partial charge in [0, 0.05) is 29.7 Å². The summed E-state index contributed by atoms with van der Waals surface area (Å²) in [5, 5.41) is 21.7. The molecule has 2 fully saturated rings. The highest BCUT2D eigenvalue weighted by Gasteiger charge is 2.31. The first kappa shape index (κ1) is 25.9. The largest absolute Gasteiger partial charge is 0.494 e. The molecule has 9 heteroatoms. The fourth-order valence-corrected chi connectivity index (χ4v) is 5.41. The second-order valence-electron chi connectivity index (χ2n) is 10.9. The van der Waals surface area contributed by atoms with E-state index in [1.807, 2.05) is 47.9 Å². The molecule has 1 amide bonds. The lowest BCUT2D eigenvalue weighted by Gasteiger charge is -2.30. The highest BCUT2D eigenvalue weighted by molar-refractivity contribution is 5.96. The van der Waals surface area contributed by atoms with Crippen LogP contribution in [-0.2, 0) is 11.3 Å². The van der Waals surface area contributed by atoms with Crippen molar-refractivity contribution in [2.75, 3.05) is 11.9 Å². The smallest absolute Gasteiger partial charge is 0.411 e. The van der Waals surface area contributed by atoms with Crippen LogP contribution in [0.15, 0.2) is 55.1 Å². The summed E-state index contributed by atoms with van der Waals surface area (Å²) in [7, 11) is 0. The number of unbranched alkanes of at least 4 members (excludes halogenated alkanes) is 1. The minimum Gasteiger partial charge on any atom is -0.494 e. The van der Waals surface area contributed by atoms with Crippen LogP contribution in [0.4, 0.5) is 10.5 Å². The molecule has 0 radical (unpaired) electrons. The SMILES string of the molecule is CC(OC(=O)Nc1ccc(-c2c(C#N)c3ccc(OCCCCn4cnnc4)cc3n2C2CCC2)cc1)C1CC1. The summed E-state index contributed by atoms with van der Waals surface area (Å²) in [6.07, 6.45) is 10.4. The van der Waals surface area contributed by atoms with E-state index in [1.54, 1.807) is 12.7 Å². The number of benzene rings is 2. The molecule has 4 aromatic rings. The molecule has 206 valence electrons. The number of aryl methyl sites for hydroxylation is 1. The number of nitrogens with zero attached hydrogens (tertiary/aromatic N) is 5. The molecule has 1 unspecified atom stereocenters. The van der Waals surface area contributed by atoms with E-state index < -0.39 is 6.09 Å². The monoisotopic (exact) mass is 538 g/mol. The summed E-state index contributed by atoms with van der Waals surface area (Å²) in [6.45, 7) is 3.43. The molecule has 1 N–H and O–H groups in total. The molecule has 2 saturated carbocycles. The van der Waals surface area contributed by atoms with Crippen molar-refractivity contribution in [1.82, 2.24) is 19.3 Å². The van der Waals surface area contributed by atoms with Gasteiger partial charge in [-0.05, 0) is 87.6 Å². The average Bonchev–Trinajstić information content (AvgIpc) is 3.57. The van der Waals surface area contributed by atoms with Crippen LogP contribution in [0.2, 0.25) is 0 Å². The first-order valence-electron chi connectivity index (χ1n) is 14.2. The summed E-state index contributed by atoms with van der Waals surface area (Å²) in [4.78, 5) is 12.3. The van der Waals surface area contributed by atoms with Crippen molar-refractivity contribution >= 4 is 22.7 Å². The molecule has 9 nitrogen and oxygen atoms in total. The van der Waals surface area contributed by atoms with E-state index in [4.69, 9.17) is 9.47 Å². The first-order valence-corrected chi connectivity index (χ1v) is 14.2. The van der Waals surface area contributed by atoms with Crippen molar-refractivity contribution in [3.05, 3.63) is 60.7 Å². The Bertz CT molecular complexity index is 1510. The fraction of sp³-hybridized carbons (Fsp3) is 0.419. The quantitative estimate of drug-likeness (QED) is 0.213. The van der Waals surface area contributed by atoms with Crippen molar-refractivity contribution < 1.29 is 14.3 Å². The predicted molar refractivity (Wildman–Crippen MR) is 152 cm³/mol. The summed E-state index contributed by atoms with van der Waals surface area (Å²) in [5.74, 6) is 1.30. The van der Waals surface area contributed by atoms with Crippen molar-refractivity contribution in [2.24, 2.45) is 5.92 Å². The molecule has 1 atom stereocenters. The van der Waals surface area contributed by atoms with Crippen molar-refractivity contribution in [1.29, 1.82) is 5.26 Å². The predicted octanol–water partition coefficient (Wildman–Crippen LogP) is 6.70. The Morgan fingerprint density at radius 2 is 1.88 bits per heavy atom. The molecular weight excluding hydrogens is 504 g/mol. The molecule has 2 heterocycles. The minimum absolute atomic E-state index is 0.0654. The van der Waals surface area contributed by atoms with E-state index in [0.29, 0.717) is 29.8 Å². The number of aromatic nitrogens is 4. The van der Waals surface area contributed by atoms with E-state index in [0.717, 1.165) is 73.0 Å². The van der Waals surface area contributed by atoms with Crippen LogP contribution in [0, 0.1) is 17.2 Å². The van der Waals surface area contributed by atoms with Crippen LogP contribution in [0.25, 0.3) is 22.2 Å². The molecule has 40 heavy (non-hydrogen) atoms. The second-order valence-corrected chi connectivity index (χ2v) is 10.9. The van der Waals surface area contributed by atoms with Crippen LogP contribution in [0.3, 0.4) is 0 Å². The summed E-state index contributed by atoms with van der Waals surface area (Å²) >= 11 is 0. The Kier molecular flexibility index (Phi) is 7.41. The lowest BCUT2D eigenvalue weighted by molar-refractivity contribution is 0.108. The number of ether oxygens (including phenoxy) is 2. The number of hydrogen-bond donors (Lipinski definition) is 1. The van der Waals surface area contributed by atoms with E-state index >= 15 is 0 Å². The molecule has 0 spiro atoms. The van der Waals surface area contributed by atoms with Gasteiger partial charge in [-0.1, -0.05) is 12.1 Å². The summed E-state index contributed by atoms with van der Waals surface area (Å²) in [6, 6.07) is 16.5. The number of hydrogen-bond acceptors (Lipinski definition) is 6. The van der Waals surface area contributed by atoms with Gasteiger partial charge in [-0.2, -0.15) is 5.26 Å². The van der Waals surface area contributed by atoms with Crippen LogP contribution in [0.1, 0.15) is 63.5 Å². The van der Waals surface area contributed by atoms with Gasteiger partial charge < -0.3 is 18.6 Å². The van der Waals surface area contributed by atoms with Gasteiger partial charge in [-0.25, -0.2) is 4.79 Å². The van der Waals surface area contributed by atoms with E-state index in [-0.39, 0.29) is 6.10 Å². The number of rotatable bonds is 11. The van der Waals surface area contributed by atoms with Gasteiger partial charge in [0.15, 0.2) is 0 Å². The average molecular weight is 539 g/mol. The molecule has 0 aliphatic heterocycles. The van der Waals surface area contributed by atoms with E-state index in [2.05, 4.69) is 32.2 Å². The summed E-state index contributed by atoms with van der Waals surface area (Å²) < 4.78 is 15.9. The van der Waals surface area contributed by atoms with E-state index in [1.165, 1.54) is 6.42 Å². The maximum Gasteiger partial charge on any atom is 0.411 e. The molecular formula is C31H34N6O3. The standard InChI is InChI=1S/C31H34N6O3/c1-21(22-7-8-22)40-31(38)35-24-11-9-23(10-12-24)30-28(18-32)27-14-13-26(17-29(27)37(30)25-5-4-6-25)39-16-3-2-15-36-19-33-34-20-36/h9-14,17,19-22,25H,2-8,15-16H2,1H3,(H,35,38). The molecule has 2 aromatic heterocycles. The molecule has 2 aliphatic carbocycles. The number of nitriles is 1. The molecule has 2 aromatic carbocycles. The van der Waals surface area contributed by atoms with Gasteiger partial charge in [0.1, 0.15) is 30.6 Å². The highest BCUT2D eigenvalue weighted by Crippen LogP contribution is 2.43. The van der Waals surface area contributed by atoms with Gasteiger partial charge in [0.05, 0.1) is 23.4 Å². The van der Waals surface area contributed by atoms with Gasteiger partial charge >= 0.3 is 6.09 Å². The van der Waals surface area contributed by atoms with Gasteiger partial charge in [0.25, 0.3) is 0 Å². The number of carbonyl (C=O) groups is 1. The zero-order valence-electron chi connectivity index (χ0n) is 22.8. The first-order chi connectivity index (χ1) is 19.6. The van der Waals surface area contributed by atoms with Crippen LogP contribution in [-0.4, -0.2) is 38.1 Å². The lowest BCUT2D eigenvalue weighted by atomic mass is 9.92. The van der Waals surface area contributed by atoms with Crippen molar-refractivity contribution in [3.63, 3.8) is 0 Å². The molecule has 0 bridgehead atoms. The molecule has 2 aliphatic rings. The second kappa shape index (κ2) is 11.4. The zero-order valence-corrected chi connectivity index (χ0v) is 22.8. The fourth-order valence-electron chi connectivity index (χ4n) is 5.41. The minimum atomic E-state index is -0.431. The van der Waals surface area contributed by atoms with Crippen LogP contribution < -0.4 is 10.1 Å². The molecule has 0 saturated heterocycles. The highest BCUT2D eigenvalue weighted by atomic mass is 16.6. The number of amides is 1. The van der Waals surface area contributed by atoms with Gasteiger partial charge in [-0.15, -0.1) is 10.2 Å².